The predicted molar refractivity (Wildman–Crippen MR) is 134 cm³/mol. The monoisotopic (exact) mass is 512 g/mol. The highest BCUT2D eigenvalue weighted by molar-refractivity contribution is 6.18. The summed E-state index contributed by atoms with van der Waals surface area (Å²) in [7, 11) is 0. The Morgan fingerprint density at radius 1 is 0.714 bits per heavy atom. The summed E-state index contributed by atoms with van der Waals surface area (Å²) in [6.07, 6.45) is 2.40. The third-order valence-electron chi connectivity index (χ3n) is 6.90. The lowest BCUT2D eigenvalue weighted by atomic mass is 9.71. The van der Waals surface area contributed by atoms with Gasteiger partial charge in [-0.1, -0.05) is 0 Å². The van der Waals surface area contributed by atoms with Gasteiger partial charge in [0.1, 0.15) is 11.1 Å². The van der Waals surface area contributed by atoms with Crippen molar-refractivity contribution in [3.63, 3.8) is 0 Å². The van der Waals surface area contributed by atoms with Crippen molar-refractivity contribution in [3.05, 3.63) is 0 Å². The van der Waals surface area contributed by atoms with E-state index in [2.05, 4.69) is 54.3 Å². The molecule has 0 atom stereocenters. The summed E-state index contributed by atoms with van der Waals surface area (Å²) in [5, 5.41) is 15.0. The molecule has 4 aliphatic heterocycles. The van der Waals surface area contributed by atoms with E-state index in [1.165, 1.54) is 4.90 Å². The highest BCUT2D eigenvalue weighted by Gasteiger charge is 2.58. The van der Waals surface area contributed by atoms with E-state index < -0.39 is 11.1 Å². The number of halogens is 1. The van der Waals surface area contributed by atoms with E-state index >= 15 is 0 Å². The van der Waals surface area contributed by atoms with Crippen LogP contribution in [0.25, 0.3) is 0 Å². The van der Waals surface area contributed by atoms with Crippen molar-refractivity contribution < 1.29 is 19.2 Å². The second-order valence-corrected chi connectivity index (χ2v) is 13.5. The van der Waals surface area contributed by atoms with E-state index in [9.17, 15) is 19.2 Å². The first-order valence-corrected chi connectivity index (χ1v) is 12.7. The van der Waals surface area contributed by atoms with E-state index in [0.29, 0.717) is 25.7 Å². The zero-order valence-corrected chi connectivity index (χ0v) is 23.0. The Labute approximate surface area is 213 Å². The Morgan fingerprint density at radius 2 is 1.14 bits per heavy atom. The van der Waals surface area contributed by atoms with Gasteiger partial charge in [-0.25, -0.2) is 9.59 Å². The van der Waals surface area contributed by atoms with Crippen LogP contribution in [0.5, 0.6) is 0 Å². The molecule has 0 aromatic heterocycles. The Kier molecular flexibility index (Phi) is 6.79. The second-order valence-electron chi connectivity index (χ2n) is 13.1. The summed E-state index contributed by atoms with van der Waals surface area (Å²) in [6.45, 7) is 16.7. The molecule has 35 heavy (non-hydrogen) atoms. The lowest BCUT2D eigenvalue weighted by Gasteiger charge is -2.50. The van der Waals surface area contributed by atoms with Gasteiger partial charge in [-0.05, 0) is 81.1 Å². The molecule has 0 aliphatic carbocycles. The van der Waals surface area contributed by atoms with E-state index in [1.54, 1.807) is 0 Å². The van der Waals surface area contributed by atoms with Crippen LogP contribution in [-0.2, 0) is 9.59 Å². The number of rotatable bonds is 2. The first-order valence-electron chi connectivity index (χ1n) is 12.2. The molecular weight excluding hydrogens is 472 g/mol. The van der Waals surface area contributed by atoms with Crippen molar-refractivity contribution in [2.24, 2.45) is 0 Å². The van der Waals surface area contributed by atoms with E-state index in [1.807, 2.05) is 27.7 Å². The van der Waals surface area contributed by atoms with Gasteiger partial charge in [-0.15, -0.1) is 11.6 Å². The minimum Gasteiger partial charge on any atom is -0.323 e. The lowest BCUT2D eigenvalue weighted by molar-refractivity contribution is -0.134. The molecule has 0 bridgehead atoms. The zero-order chi connectivity index (χ0) is 26.7. The number of carbonyl (C=O) groups excluding carboxylic acids is 4. The van der Waals surface area contributed by atoms with Crippen LogP contribution >= 0.6 is 11.6 Å². The van der Waals surface area contributed by atoms with E-state index in [0.717, 1.165) is 0 Å². The highest BCUT2D eigenvalue weighted by atomic mass is 35.5. The number of nitrogens with zero attached hydrogens (tertiary/aromatic N) is 1. The van der Waals surface area contributed by atoms with E-state index in [4.69, 9.17) is 11.6 Å². The zero-order valence-electron chi connectivity index (χ0n) is 22.2. The molecule has 0 aromatic carbocycles. The number of nitrogens with one attached hydrogen (secondary N) is 5. The van der Waals surface area contributed by atoms with Crippen LogP contribution in [0.3, 0.4) is 0 Å². The topological polar surface area (TPSA) is 132 Å². The quantitative estimate of drug-likeness (QED) is 0.284. The van der Waals surface area contributed by atoms with Crippen LogP contribution in [0.1, 0.15) is 81.1 Å². The normalized spacial score (nSPS) is 28.8. The molecule has 198 valence electrons. The predicted octanol–water partition coefficient (Wildman–Crippen LogP) is 1.96. The fourth-order valence-corrected chi connectivity index (χ4v) is 7.30. The van der Waals surface area contributed by atoms with Gasteiger partial charge in [0.05, 0.1) is 0 Å². The molecule has 5 N–H and O–H groups in total. The molecule has 0 saturated carbocycles. The second kappa shape index (κ2) is 8.59. The molecule has 0 aromatic rings. The molecular formula is C24H41ClN6O4. The highest BCUT2D eigenvalue weighted by Crippen LogP contribution is 2.40. The Morgan fingerprint density at radius 3 is 1.51 bits per heavy atom. The minimum atomic E-state index is -0.790. The first kappa shape index (κ1) is 27.7. The Balaban J connectivity index is 0.000000198. The number of urea groups is 2. The van der Waals surface area contributed by atoms with Gasteiger partial charge in [0, 0.05) is 34.6 Å². The average molecular weight is 513 g/mol. The molecule has 10 nitrogen and oxygen atoms in total. The van der Waals surface area contributed by atoms with Gasteiger partial charge in [0.25, 0.3) is 11.8 Å². The molecule has 4 heterocycles. The summed E-state index contributed by atoms with van der Waals surface area (Å²) >= 11 is 5.67. The SMILES string of the molecule is CC1(C)CC2(CC(C)(C)N1)NC(=O)N(CCCl)C2=O.CC1(C)CC2(CC(C)(C)N1)NC(=O)NC2=O. The number of amides is 6. The molecule has 4 saturated heterocycles. The molecule has 6 amide bonds. The average Bonchev–Trinajstić information content (AvgIpc) is 2.96. The van der Waals surface area contributed by atoms with Crippen molar-refractivity contribution in [1.29, 1.82) is 0 Å². The number of carbonyl (C=O) groups is 4. The van der Waals surface area contributed by atoms with Crippen LogP contribution < -0.4 is 26.6 Å². The molecule has 0 radical (unpaired) electrons. The van der Waals surface area contributed by atoms with Crippen LogP contribution in [0.2, 0.25) is 0 Å². The molecule has 4 rings (SSSR count). The van der Waals surface area contributed by atoms with Crippen molar-refractivity contribution in [3.8, 4) is 0 Å². The third kappa shape index (κ3) is 5.75. The summed E-state index contributed by atoms with van der Waals surface area (Å²) in [6, 6.07) is -0.697. The fraction of sp³-hybridized carbons (Fsp3) is 0.833. The molecule has 0 unspecified atom stereocenters. The van der Waals surface area contributed by atoms with Crippen LogP contribution in [0, 0.1) is 0 Å². The minimum absolute atomic E-state index is 0.138. The van der Waals surface area contributed by atoms with Crippen LogP contribution in [-0.4, -0.2) is 74.4 Å². The Hall–Kier alpha value is -1.91. The van der Waals surface area contributed by atoms with Crippen LogP contribution in [0.4, 0.5) is 9.59 Å². The fourth-order valence-electron chi connectivity index (χ4n) is 7.13. The number of imide groups is 2. The summed E-state index contributed by atoms with van der Waals surface area (Å²) in [5.74, 6) is -0.0683. The van der Waals surface area contributed by atoms with Crippen molar-refractivity contribution in [1.82, 2.24) is 31.5 Å². The maximum absolute atomic E-state index is 12.6. The number of hydrogen-bond donors (Lipinski definition) is 5. The van der Waals surface area contributed by atoms with Gasteiger partial charge in [0.2, 0.25) is 0 Å². The standard InChI is InChI=1S/C13H22ClN3O2.C11H19N3O2/c1-11(2)7-13(8-12(3,4)16-11)9(18)17(6-5-14)10(19)15-13;1-9(2)5-11(6-10(3,4)14-9)7(15)12-8(16)13-11/h16H,5-8H2,1-4H3,(H,15,19);14H,5-6H2,1-4H3,(H2,12,13,15,16). The van der Waals surface area contributed by atoms with Crippen molar-refractivity contribution in [2.45, 2.75) is 114 Å². The summed E-state index contributed by atoms with van der Waals surface area (Å²) in [4.78, 5) is 49.0. The maximum atomic E-state index is 12.6. The third-order valence-corrected chi connectivity index (χ3v) is 7.07. The smallest absolute Gasteiger partial charge is 0.323 e. The molecule has 2 spiro atoms. The number of piperidine rings is 2. The number of hydrogen-bond acceptors (Lipinski definition) is 6. The van der Waals surface area contributed by atoms with Gasteiger partial charge < -0.3 is 21.3 Å². The van der Waals surface area contributed by atoms with Crippen molar-refractivity contribution >= 4 is 35.5 Å². The Bertz CT molecular complexity index is 897. The van der Waals surface area contributed by atoms with Crippen molar-refractivity contribution in [2.75, 3.05) is 12.4 Å². The van der Waals surface area contributed by atoms with Gasteiger partial charge in [-0.3, -0.25) is 19.8 Å². The lowest BCUT2D eigenvalue weighted by Crippen LogP contribution is -2.68. The van der Waals surface area contributed by atoms with Gasteiger partial charge in [0.15, 0.2) is 0 Å². The van der Waals surface area contributed by atoms with Gasteiger partial charge in [-0.2, -0.15) is 0 Å². The maximum Gasteiger partial charge on any atom is 0.325 e. The molecule has 4 aliphatic rings. The van der Waals surface area contributed by atoms with Crippen LogP contribution in [0.15, 0.2) is 0 Å². The van der Waals surface area contributed by atoms with Gasteiger partial charge >= 0.3 is 12.1 Å². The molecule has 4 fully saturated rings. The summed E-state index contributed by atoms with van der Waals surface area (Å²) in [5.41, 5.74) is -2.28. The largest absolute Gasteiger partial charge is 0.325 e. The first-order chi connectivity index (χ1) is 15.8. The molecule has 11 heteroatoms. The van der Waals surface area contributed by atoms with E-state index in [-0.39, 0.29) is 58.5 Å². The number of alkyl halides is 1. The summed E-state index contributed by atoms with van der Waals surface area (Å²) < 4.78 is 0.